The van der Waals surface area contributed by atoms with Crippen LogP contribution in [0.2, 0.25) is 0 Å². The summed E-state index contributed by atoms with van der Waals surface area (Å²) >= 11 is 1.58. The quantitative estimate of drug-likeness (QED) is 0.302. The van der Waals surface area contributed by atoms with Gasteiger partial charge >= 0.3 is 5.97 Å². The van der Waals surface area contributed by atoms with E-state index in [1.807, 2.05) is 54.6 Å². The van der Waals surface area contributed by atoms with Crippen LogP contribution in [0, 0.1) is 22.7 Å². The Labute approximate surface area is 203 Å². The van der Waals surface area contributed by atoms with Crippen molar-refractivity contribution in [1.82, 2.24) is 4.90 Å². The van der Waals surface area contributed by atoms with Crippen molar-refractivity contribution in [2.75, 3.05) is 20.2 Å². The predicted molar refractivity (Wildman–Crippen MR) is 133 cm³/mol. The molecule has 1 fully saturated rings. The number of ether oxygens (including phenoxy) is 1. The molecule has 34 heavy (non-hydrogen) atoms. The van der Waals surface area contributed by atoms with Crippen LogP contribution in [0.4, 0.5) is 0 Å². The first-order chi connectivity index (χ1) is 16.5. The van der Waals surface area contributed by atoms with Gasteiger partial charge in [0.2, 0.25) is 0 Å². The van der Waals surface area contributed by atoms with Crippen molar-refractivity contribution < 1.29 is 9.53 Å². The van der Waals surface area contributed by atoms with E-state index in [2.05, 4.69) is 23.1 Å². The average molecular weight is 471 g/mol. The van der Waals surface area contributed by atoms with E-state index in [1.54, 1.807) is 17.8 Å². The maximum Gasteiger partial charge on any atom is 0.310 e. The number of carbonyl (C=O) groups excluding carboxylic acids is 1. The third-order valence-corrected chi connectivity index (χ3v) is 7.31. The van der Waals surface area contributed by atoms with Crippen LogP contribution in [0.25, 0.3) is 0 Å². The summed E-state index contributed by atoms with van der Waals surface area (Å²) in [6.07, 6.45) is 0. The maximum atomic E-state index is 12.6. The van der Waals surface area contributed by atoms with Crippen LogP contribution in [0.5, 0.6) is 0 Å². The monoisotopic (exact) mass is 470 g/mol. The Hall–Kier alpha value is -3.60. The zero-order valence-corrected chi connectivity index (χ0v) is 19.7. The first kappa shape index (κ1) is 23.6. The van der Waals surface area contributed by atoms with Gasteiger partial charge in [0.15, 0.2) is 0 Å². The summed E-state index contributed by atoms with van der Waals surface area (Å²) in [5.74, 6) is -0.571. The molecule has 4 rings (SSSR count). The minimum atomic E-state index is -0.300. The molecule has 172 valence electrons. The number of benzene rings is 3. The Morgan fingerprint density at radius 3 is 2.59 bits per heavy atom. The van der Waals surface area contributed by atoms with E-state index in [9.17, 15) is 10.1 Å². The fraction of sp³-hybridized carbons (Fsp3) is 0.222. The second-order valence-electron chi connectivity index (χ2n) is 8.29. The number of amidine groups is 1. The van der Waals surface area contributed by atoms with Gasteiger partial charge in [0.25, 0.3) is 0 Å². The summed E-state index contributed by atoms with van der Waals surface area (Å²) in [4.78, 5) is 16.9. The molecule has 1 saturated heterocycles. The summed E-state index contributed by atoms with van der Waals surface area (Å²) < 4.78 is 5.12. The van der Waals surface area contributed by atoms with Gasteiger partial charge in [-0.1, -0.05) is 60.3 Å². The molecular formula is C27H26N4O2S. The molecule has 0 aromatic heterocycles. The van der Waals surface area contributed by atoms with Crippen molar-refractivity contribution in [3.05, 3.63) is 95.1 Å². The van der Waals surface area contributed by atoms with Gasteiger partial charge in [-0.2, -0.15) is 5.26 Å². The minimum absolute atomic E-state index is 0.00919. The third kappa shape index (κ3) is 5.14. The molecule has 0 unspecified atom stereocenters. The van der Waals surface area contributed by atoms with E-state index >= 15 is 0 Å². The smallest absolute Gasteiger partial charge is 0.310 e. The Kier molecular flexibility index (Phi) is 7.31. The Balaban J connectivity index is 1.58. The maximum absolute atomic E-state index is 12.6. The normalized spacial score (nSPS) is 17.8. The van der Waals surface area contributed by atoms with Gasteiger partial charge < -0.3 is 10.5 Å². The van der Waals surface area contributed by atoms with Crippen LogP contribution >= 0.6 is 11.8 Å². The largest absolute Gasteiger partial charge is 0.469 e. The van der Waals surface area contributed by atoms with Gasteiger partial charge in [-0.25, -0.2) is 0 Å². The van der Waals surface area contributed by atoms with E-state index in [4.69, 9.17) is 15.9 Å². The number of hydrogen-bond acceptors (Lipinski definition) is 6. The zero-order valence-electron chi connectivity index (χ0n) is 18.9. The Bertz CT molecular complexity index is 1250. The van der Waals surface area contributed by atoms with Crippen LogP contribution in [0.3, 0.4) is 0 Å². The molecule has 2 atom stereocenters. The van der Waals surface area contributed by atoms with Crippen LogP contribution in [-0.4, -0.2) is 36.9 Å². The Morgan fingerprint density at radius 1 is 1.12 bits per heavy atom. The third-order valence-electron chi connectivity index (χ3n) is 6.12. The summed E-state index contributed by atoms with van der Waals surface area (Å²) in [5, 5.41) is 17.2. The van der Waals surface area contributed by atoms with E-state index in [-0.39, 0.29) is 23.6 Å². The molecule has 3 aromatic carbocycles. The van der Waals surface area contributed by atoms with Crippen LogP contribution in [-0.2, 0) is 16.1 Å². The highest BCUT2D eigenvalue weighted by Crippen LogP contribution is 2.37. The molecule has 1 aliphatic rings. The van der Waals surface area contributed by atoms with Crippen molar-refractivity contribution in [3.8, 4) is 6.07 Å². The molecule has 0 radical (unpaired) electrons. The highest BCUT2D eigenvalue weighted by Gasteiger charge is 2.39. The number of rotatable bonds is 7. The van der Waals surface area contributed by atoms with Crippen LogP contribution in [0.1, 0.15) is 28.2 Å². The number of methoxy groups -OCH3 is 1. The first-order valence-electron chi connectivity index (χ1n) is 11.0. The lowest BCUT2D eigenvalue weighted by Crippen LogP contribution is -2.24. The van der Waals surface area contributed by atoms with Crippen molar-refractivity contribution in [3.63, 3.8) is 0 Å². The number of esters is 1. The second-order valence-corrected chi connectivity index (χ2v) is 9.37. The topological polar surface area (TPSA) is 103 Å². The van der Waals surface area contributed by atoms with Crippen molar-refractivity contribution >= 4 is 23.6 Å². The number of likely N-dealkylation sites (tertiary alicyclic amines) is 1. The second kappa shape index (κ2) is 10.6. The first-order valence-corrected chi connectivity index (χ1v) is 11.8. The van der Waals surface area contributed by atoms with E-state index in [0.29, 0.717) is 30.8 Å². The molecule has 0 saturated carbocycles. The standard InChI is InChI=1S/C27H26N4O2S/c1-33-27(32)23-17-31(16-22(23)18-9-6-10-19(13-18)26(29)30)15-21-8-3-5-12-25(21)34-24-11-4-2-7-20(24)14-28/h2-13,22-23H,15-17H2,1H3,(H3,29,30)/t22-,23+/m0/s1. The van der Waals surface area contributed by atoms with Gasteiger partial charge in [-0.3, -0.25) is 15.1 Å². The summed E-state index contributed by atoms with van der Waals surface area (Å²) in [6.45, 7) is 1.94. The molecule has 1 aliphatic heterocycles. The van der Waals surface area contributed by atoms with E-state index in [0.717, 1.165) is 20.9 Å². The predicted octanol–water partition coefficient (Wildman–Crippen LogP) is 4.38. The average Bonchev–Trinajstić information content (AvgIpc) is 3.29. The molecule has 6 nitrogen and oxygen atoms in total. The van der Waals surface area contributed by atoms with Crippen LogP contribution in [0.15, 0.2) is 82.6 Å². The molecule has 0 amide bonds. The van der Waals surface area contributed by atoms with Gasteiger partial charge in [0.05, 0.1) is 18.6 Å². The molecule has 7 heteroatoms. The summed E-state index contributed by atoms with van der Waals surface area (Å²) in [5.41, 5.74) is 9.12. The lowest BCUT2D eigenvalue weighted by Gasteiger charge is -2.19. The van der Waals surface area contributed by atoms with Crippen molar-refractivity contribution in [1.29, 1.82) is 10.7 Å². The zero-order chi connectivity index (χ0) is 24.1. The number of hydrogen-bond donors (Lipinski definition) is 2. The van der Waals surface area contributed by atoms with E-state index in [1.165, 1.54) is 7.11 Å². The SMILES string of the molecule is COC(=O)[C@@H]1CN(Cc2ccccc2Sc2ccccc2C#N)C[C@H]1c1cccc(C(=N)N)c1. The number of nitriles is 1. The van der Waals surface area contributed by atoms with E-state index < -0.39 is 0 Å². The van der Waals surface area contributed by atoms with Gasteiger partial charge in [0.1, 0.15) is 11.9 Å². The van der Waals surface area contributed by atoms with Gasteiger partial charge in [-0.15, -0.1) is 0 Å². The molecule has 0 aliphatic carbocycles. The number of nitrogens with two attached hydrogens (primary N) is 1. The molecule has 0 spiro atoms. The Morgan fingerprint density at radius 2 is 1.85 bits per heavy atom. The van der Waals surface area contributed by atoms with Crippen molar-refractivity contribution in [2.24, 2.45) is 11.7 Å². The lowest BCUT2D eigenvalue weighted by atomic mass is 9.88. The number of nitrogens with one attached hydrogen (secondary N) is 1. The molecular weight excluding hydrogens is 444 g/mol. The molecule has 3 aromatic rings. The fourth-order valence-electron chi connectivity index (χ4n) is 4.42. The number of carbonyl (C=O) groups is 1. The lowest BCUT2D eigenvalue weighted by molar-refractivity contribution is -0.145. The summed E-state index contributed by atoms with van der Waals surface area (Å²) in [6, 6.07) is 25.6. The number of nitrogens with zero attached hydrogens (tertiary/aromatic N) is 2. The number of nitrogen functional groups attached to an aromatic ring is 1. The molecule has 1 heterocycles. The van der Waals surface area contributed by atoms with Gasteiger partial charge in [-0.05, 0) is 35.4 Å². The van der Waals surface area contributed by atoms with Gasteiger partial charge in [0, 0.05) is 40.9 Å². The fourth-order valence-corrected chi connectivity index (χ4v) is 5.44. The van der Waals surface area contributed by atoms with Crippen molar-refractivity contribution in [2.45, 2.75) is 22.3 Å². The van der Waals surface area contributed by atoms with Crippen LogP contribution < -0.4 is 5.73 Å². The minimum Gasteiger partial charge on any atom is -0.469 e. The highest BCUT2D eigenvalue weighted by atomic mass is 32.2. The summed E-state index contributed by atoms with van der Waals surface area (Å²) in [7, 11) is 1.42. The molecule has 3 N–H and O–H groups in total. The highest BCUT2D eigenvalue weighted by molar-refractivity contribution is 7.99. The molecule has 0 bridgehead atoms.